The Bertz CT molecular complexity index is 1210. The van der Waals surface area contributed by atoms with Gasteiger partial charge in [-0.25, -0.2) is 4.68 Å². The van der Waals surface area contributed by atoms with E-state index in [0.29, 0.717) is 18.1 Å². The van der Waals surface area contributed by atoms with E-state index in [1.165, 1.54) is 6.92 Å². The molecule has 30 heavy (non-hydrogen) atoms. The molecule has 3 aromatic rings. The van der Waals surface area contributed by atoms with Crippen LogP contribution in [0.5, 0.6) is 11.5 Å². The van der Waals surface area contributed by atoms with Crippen molar-refractivity contribution in [3.63, 3.8) is 0 Å². The largest absolute Gasteiger partial charge is 0.496 e. The number of benzene rings is 1. The predicted octanol–water partition coefficient (Wildman–Crippen LogP) is 4.55. The second-order valence-electron chi connectivity index (χ2n) is 7.58. The molecule has 2 aromatic heterocycles. The number of carbonyl (C=O) groups excluding carboxylic acids is 1. The van der Waals surface area contributed by atoms with Crippen LogP contribution in [0.4, 0.5) is 0 Å². The number of methoxy groups -OCH3 is 1. The molecule has 1 aliphatic rings. The Morgan fingerprint density at radius 1 is 1.20 bits per heavy atom. The summed E-state index contributed by atoms with van der Waals surface area (Å²) in [6.45, 7) is 9.80. The van der Waals surface area contributed by atoms with Gasteiger partial charge in [0.25, 0.3) is 0 Å². The number of carbonyl (C=O) groups is 1. The fourth-order valence-electron chi connectivity index (χ4n) is 4.07. The van der Waals surface area contributed by atoms with Crippen LogP contribution in [0, 0.1) is 13.8 Å². The van der Waals surface area contributed by atoms with E-state index < -0.39 is 0 Å². The van der Waals surface area contributed by atoms with Gasteiger partial charge in [-0.2, -0.15) is 10.2 Å². The van der Waals surface area contributed by atoms with E-state index in [9.17, 15) is 4.79 Å². The maximum atomic E-state index is 12.3. The minimum atomic E-state index is -0.0753. The molecule has 0 fully saturated rings. The molecule has 0 bridgehead atoms. The SMILES string of the molecule is C/C=C(\C)n1nc(C(C)=O)c2c1-c1cc(-c3c(C)nn(C)c3C)c(OC)cc1OC2. The lowest BCUT2D eigenvalue weighted by atomic mass is 9.95. The average Bonchev–Trinajstić information content (AvgIpc) is 3.23. The molecule has 0 saturated heterocycles. The quantitative estimate of drug-likeness (QED) is 0.595. The van der Waals surface area contributed by atoms with Gasteiger partial charge in [0.15, 0.2) is 5.78 Å². The van der Waals surface area contributed by atoms with Crippen molar-refractivity contribution in [3.05, 3.63) is 40.9 Å². The number of ketones is 1. The van der Waals surface area contributed by atoms with Crippen molar-refractivity contribution in [1.82, 2.24) is 19.6 Å². The van der Waals surface area contributed by atoms with Crippen LogP contribution in [0.25, 0.3) is 28.1 Å². The molecule has 0 spiro atoms. The van der Waals surface area contributed by atoms with Gasteiger partial charge in [0.1, 0.15) is 23.8 Å². The lowest BCUT2D eigenvalue weighted by molar-refractivity contribution is 0.101. The van der Waals surface area contributed by atoms with E-state index in [2.05, 4.69) is 16.3 Å². The van der Waals surface area contributed by atoms with Crippen LogP contribution in [0.3, 0.4) is 0 Å². The Kier molecular flexibility index (Phi) is 4.76. The molecule has 0 saturated carbocycles. The maximum Gasteiger partial charge on any atom is 0.180 e. The van der Waals surface area contributed by atoms with Gasteiger partial charge < -0.3 is 9.47 Å². The summed E-state index contributed by atoms with van der Waals surface area (Å²) in [4.78, 5) is 12.3. The summed E-state index contributed by atoms with van der Waals surface area (Å²) in [6.07, 6.45) is 1.98. The molecule has 3 heterocycles. The first-order valence-corrected chi connectivity index (χ1v) is 9.90. The topological polar surface area (TPSA) is 71.2 Å². The molecule has 4 rings (SSSR count). The van der Waals surface area contributed by atoms with Crippen LogP contribution in [-0.4, -0.2) is 32.5 Å². The Balaban J connectivity index is 2.06. The molecular weight excluding hydrogens is 380 g/mol. The predicted molar refractivity (Wildman–Crippen MR) is 116 cm³/mol. The second-order valence-corrected chi connectivity index (χ2v) is 7.58. The third kappa shape index (κ3) is 2.84. The molecule has 1 aromatic carbocycles. The second kappa shape index (κ2) is 7.16. The number of ether oxygens (including phenoxy) is 2. The number of aryl methyl sites for hydroxylation is 2. The Hall–Kier alpha value is -3.35. The van der Waals surface area contributed by atoms with E-state index in [-0.39, 0.29) is 5.78 Å². The third-order valence-electron chi connectivity index (χ3n) is 5.78. The Morgan fingerprint density at radius 2 is 1.93 bits per heavy atom. The van der Waals surface area contributed by atoms with E-state index >= 15 is 0 Å². The van der Waals surface area contributed by atoms with Crippen LogP contribution in [0.2, 0.25) is 0 Å². The Labute approximate surface area is 175 Å². The molecule has 0 N–H and O–H groups in total. The first-order valence-electron chi connectivity index (χ1n) is 9.90. The molecule has 7 heteroatoms. The van der Waals surface area contributed by atoms with Crippen LogP contribution in [-0.2, 0) is 13.7 Å². The summed E-state index contributed by atoms with van der Waals surface area (Å²) in [6, 6.07) is 3.98. The highest BCUT2D eigenvalue weighted by atomic mass is 16.5. The number of hydrogen-bond donors (Lipinski definition) is 0. The number of nitrogens with zero attached hydrogens (tertiary/aromatic N) is 4. The van der Waals surface area contributed by atoms with Gasteiger partial charge in [0.05, 0.1) is 18.5 Å². The summed E-state index contributed by atoms with van der Waals surface area (Å²) in [5.41, 5.74) is 7.91. The summed E-state index contributed by atoms with van der Waals surface area (Å²) in [5.74, 6) is 1.35. The van der Waals surface area contributed by atoms with E-state index in [4.69, 9.17) is 9.47 Å². The zero-order chi connectivity index (χ0) is 21.7. The smallest absolute Gasteiger partial charge is 0.180 e. The fraction of sp³-hybridized carbons (Fsp3) is 0.348. The lowest BCUT2D eigenvalue weighted by Crippen LogP contribution is -2.10. The molecular formula is C23H26N4O3. The van der Waals surface area contributed by atoms with Crippen molar-refractivity contribution < 1.29 is 14.3 Å². The van der Waals surface area contributed by atoms with Gasteiger partial charge in [0, 0.05) is 53.7 Å². The highest BCUT2D eigenvalue weighted by molar-refractivity contribution is 5.97. The third-order valence-corrected chi connectivity index (χ3v) is 5.78. The highest BCUT2D eigenvalue weighted by Gasteiger charge is 2.30. The van der Waals surface area contributed by atoms with Crippen LogP contribution < -0.4 is 9.47 Å². The molecule has 1 aliphatic heterocycles. The first-order chi connectivity index (χ1) is 14.3. The number of fused-ring (bicyclic) bond motifs is 3. The zero-order valence-electron chi connectivity index (χ0n) is 18.5. The molecule has 7 nitrogen and oxygen atoms in total. The zero-order valence-corrected chi connectivity index (χ0v) is 18.5. The standard InChI is InChI=1S/C23H26N4O3/c1-8-12(2)27-23-17-9-16(21-13(3)24-26(6)14(21)4)19(29-7)10-20(17)30-11-18(23)22(25-27)15(5)28/h8-10H,11H2,1-7H3/b12-8+. The summed E-state index contributed by atoms with van der Waals surface area (Å²) in [7, 11) is 3.59. The minimum absolute atomic E-state index is 0.0753. The number of Topliss-reactive ketones (excluding diaryl/α,β-unsaturated/α-hetero) is 1. The maximum absolute atomic E-state index is 12.3. The van der Waals surface area contributed by atoms with Gasteiger partial charge in [0.2, 0.25) is 0 Å². The van der Waals surface area contributed by atoms with Crippen molar-refractivity contribution >= 4 is 11.5 Å². The Morgan fingerprint density at radius 3 is 2.50 bits per heavy atom. The number of rotatable bonds is 4. The molecule has 0 unspecified atom stereocenters. The van der Waals surface area contributed by atoms with Crippen molar-refractivity contribution in [3.8, 4) is 33.9 Å². The molecule has 0 amide bonds. The number of allylic oxidation sites excluding steroid dienone is 2. The van der Waals surface area contributed by atoms with E-state index in [1.54, 1.807) is 7.11 Å². The highest BCUT2D eigenvalue weighted by Crippen LogP contribution is 2.46. The van der Waals surface area contributed by atoms with E-state index in [1.807, 2.05) is 56.2 Å². The molecule has 156 valence electrons. The van der Waals surface area contributed by atoms with Crippen molar-refractivity contribution in [2.75, 3.05) is 7.11 Å². The van der Waals surface area contributed by atoms with Gasteiger partial charge >= 0.3 is 0 Å². The fourth-order valence-corrected chi connectivity index (χ4v) is 4.07. The van der Waals surface area contributed by atoms with Gasteiger partial charge in [-0.3, -0.25) is 9.48 Å². The van der Waals surface area contributed by atoms with Gasteiger partial charge in [-0.1, -0.05) is 6.08 Å². The summed E-state index contributed by atoms with van der Waals surface area (Å²) < 4.78 is 15.5. The van der Waals surface area contributed by atoms with Gasteiger partial charge in [-0.15, -0.1) is 0 Å². The van der Waals surface area contributed by atoms with Crippen LogP contribution in [0.1, 0.15) is 48.2 Å². The summed E-state index contributed by atoms with van der Waals surface area (Å²) >= 11 is 0. The summed E-state index contributed by atoms with van der Waals surface area (Å²) in [5, 5.41) is 9.18. The molecule has 0 atom stereocenters. The minimum Gasteiger partial charge on any atom is -0.496 e. The van der Waals surface area contributed by atoms with Crippen molar-refractivity contribution in [1.29, 1.82) is 0 Å². The van der Waals surface area contributed by atoms with Crippen LogP contribution in [0.15, 0.2) is 18.2 Å². The first kappa shape index (κ1) is 19.9. The van der Waals surface area contributed by atoms with Crippen LogP contribution >= 0.6 is 0 Å². The lowest BCUT2D eigenvalue weighted by Gasteiger charge is -2.22. The number of aromatic nitrogens is 4. The average molecular weight is 406 g/mol. The van der Waals surface area contributed by atoms with Crippen molar-refractivity contribution in [2.45, 2.75) is 41.2 Å². The number of hydrogen-bond acceptors (Lipinski definition) is 5. The monoisotopic (exact) mass is 406 g/mol. The van der Waals surface area contributed by atoms with Gasteiger partial charge in [-0.05, 0) is 33.8 Å². The van der Waals surface area contributed by atoms with E-state index in [0.717, 1.165) is 50.8 Å². The van der Waals surface area contributed by atoms with Crippen molar-refractivity contribution in [2.24, 2.45) is 7.05 Å². The normalized spacial score (nSPS) is 13.0. The molecule has 0 radical (unpaired) electrons. The molecule has 0 aliphatic carbocycles.